The summed E-state index contributed by atoms with van der Waals surface area (Å²) in [6.45, 7) is 4.16. The standard InChI is InChI=1S/C14H18BrClN2O3/c1-9(2)18(7-3-4-13(19)20)14(21)17-10-5-6-11(15)12(16)8-10/h5-6,8-9H,3-4,7H2,1-2H3,(H,17,21)(H,19,20). The molecule has 21 heavy (non-hydrogen) atoms. The molecule has 2 N–H and O–H groups in total. The van der Waals surface area contributed by atoms with E-state index >= 15 is 0 Å². The second kappa shape index (κ2) is 8.24. The zero-order valence-electron chi connectivity index (χ0n) is 11.9. The van der Waals surface area contributed by atoms with Gasteiger partial charge >= 0.3 is 12.0 Å². The van der Waals surface area contributed by atoms with Gasteiger partial charge in [-0.2, -0.15) is 0 Å². The van der Waals surface area contributed by atoms with Crippen molar-refractivity contribution in [2.75, 3.05) is 11.9 Å². The van der Waals surface area contributed by atoms with Crippen molar-refractivity contribution in [2.45, 2.75) is 32.7 Å². The maximum absolute atomic E-state index is 12.2. The number of nitrogens with zero attached hydrogens (tertiary/aromatic N) is 1. The highest BCUT2D eigenvalue weighted by molar-refractivity contribution is 9.10. The van der Waals surface area contributed by atoms with E-state index in [1.807, 2.05) is 13.8 Å². The molecule has 0 fully saturated rings. The fourth-order valence-electron chi connectivity index (χ4n) is 1.76. The average Bonchev–Trinajstić information content (AvgIpc) is 2.38. The molecule has 1 rings (SSSR count). The Morgan fingerprint density at radius 1 is 1.43 bits per heavy atom. The largest absolute Gasteiger partial charge is 0.481 e. The Morgan fingerprint density at radius 3 is 2.62 bits per heavy atom. The minimum Gasteiger partial charge on any atom is -0.481 e. The number of carboxylic acid groups (broad SMARTS) is 1. The molecule has 1 aromatic carbocycles. The van der Waals surface area contributed by atoms with Gasteiger partial charge < -0.3 is 15.3 Å². The van der Waals surface area contributed by atoms with Gasteiger partial charge in [0.05, 0.1) is 5.02 Å². The summed E-state index contributed by atoms with van der Waals surface area (Å²) in [5, 5.41) is 11.9. The van der Waals surface area contributed by atoms with Gasteiger partial charge in [0, 0.05) is 29.2 Å². The van der Waals surface area contributed by atoms with E-state index in [0.717, 1.165) is 4.47 Å². The van der Waals surface area contributed by atoms with Crippen LogP contribution >= 0.6 is 27.5 Å². The summed E-state index contributed by atoms with van der Waals surface area (Å²) in [4.78, 5) is 24.4. The molecule has 7 heteroatoms. The SMILES string of the molecule is CC(C)N(CCCC(=O)O)C(=O)Nc1ccc(Br)c(Cl)c1. The third-order valence-electron chi connectivity index (χ3n) is 2.84. The van der Waals surface area contributed by atoms with Crippen LogP contribution in [0.3, 0.4) is 0 Å². The molecule has 0 aliphatic rings. The van der Waals surface area contributed by atoms with Gasteiger partial charge in [0.1, 0.15) is 0 Å². The van der Waals surface area contributed by atoms with Crippen molar-refractivity contribution in [3.63, 3.8) is 0 Å². The van der Waals surface area contributed by atoms with Gasteiger partial charge in [0.2, 0.25) is 0 Å². The lowest BCUT2D eigenvalue weighted by Crippen LogP contribution is -2.40. The van der Waals surface area contributed by atoms with Gasteiger partial charge in [-0.25, -0.2) is 4.79 Å². The number of hydrogen-bond acceptors (Lipinski definition) is 2. The number of anilines is 1. The first-order valence-electron chi connectivity index (χ1n) is 6.55. The Labute approximate surface area is 137 Å². The first-order chi connectivity index (χ1) is 9.81. The zero-order valence-corrected chi connectivity index (χ0v) is 14.2. The van der Waals surface area contributed by atoms with E-state index in [1.165, 1.54) is 0 Å². The first-order valence-corrected chi connectivity index (χ1v) is 7.73. The molecule has 116 valence electrons. The summed E-state index contributed by atoms with van der Waals surface area (Å²) in [6.07, 6.45) is 0.461. The second-order valence-electron chi connectivity index (χ2n) is 4.84. The number of halogens is 2. The van der Waals surface area contributed by atoms with Gasteiger partial charge in [0.25, 0.3) is 0 Å². The number of amides is 2. The van der Waals surface area contributed by atoms with Gasteiger partial charge in [-0.3, -0.25) is 4.79 Å². The van der Waals surface area contributed by atoms with Crippen LogP contribution in [0, 0.1) is 0 Å². The van der Waals surface area contributed by atoms with Crippen LogP contribution in [0.25, 0.3) is 0 Å². The van der Waals surface area contributed by atoms with Crippen LogP contribution in [0.15, 0.2) is 22.7 Å². The Bertz CT molecular complexity index is 523. The van der Waals surface area contributed by atoms with E-state index in [4.69, 9.17) is 16.7 Å². The molecule has 0 heterocycles. The van der Waals surface area contributed by atoms with Crippen LogP contribution in [-0.4, -0.2) is 34.6 Å². The highest BCUT2D eigenvalue weighted by Gasteiger charge is 2.17. The average molecular weight is 378 g/mol. The molecular formula is C14H18BrClN2O3. The van der Waals surface area contributed by atoms with Crippen LogP contribution in [0.2, 0.25) is 5.02 Å². The lowest BCUT2D eigenvalue weighted by Gasteiger charge is -2.26. The molecule has 0 saturated heterocycles. The number of carboxylic acids is 1. The van der Waals surface area contributed by atoms with Crippen molar-refractivity contribution in [3.05, 3.63) is 27.7 Å². The monoisotopic (exact) mass is 376 g/mol. The number of carbonyl (C=O) groups excluding carboxylic acids is 1. The summed E-state index contributed by atoms with van der Waals surface area (Å²) in [5.74, 6) is -0.862. The van der Waals surface area contributed by atoms with Gasteiger partial charge in [-0.1, -0.05) is 11.6 Å². The lowest BCUT2D eigenvalue weighted by molar-refractivity contribution is -0.137. The normalized spacial score (nSPS) is 10.5. The fourth-order valence-corrected chi connectivity index (χ4v) is 2.19. The molecule has 0 radical (unpaired) electrons. The summed E-state index contributed by atoms with van der Waals surface area (Å²) < 4.78 is 0.754. The number of benzene rings is 1. The smallest absolute Gasteiger partial charge is 0.322 e. The Hall–Kier alpha value is -1.27. The van der Waals surface area contributed by atoms with E-state index < -0.39 is 5.97 Å². The maximum Gasteiger partial charge on any atom is 0.322 e. The van der Waals surface area contributed by atoms with Crippen molar-refractivity contribution >= 4 is 45.2 Å². The van der Waals surface area contributed by atoms with Gasteiger partial charge in [0.15, 0.2) is 0 Å². The third kappa shape index (κ3) is 5.93. The zero-order chi connectivity index (χ0) is 16.0. The van der Waals surface area contributed by atoms with Crippen molar-refractivity contribution in [1.29, 1.82) is 0 Å². The topological polar surface area (TPSA) is 69.6 Å². The molecular weight excluding hydrogens is 360 g/mol. The van der Waals surface area contributed by atoms with E-state index in [-0.39, 0.29) is 18.5 Å². The van der Waals surface area contributed by atoms with Crippen LogP contribution in [0.4, 0.5) is 10.5 Å². The van der Waals surface area contributed by atoms with E-state index in [0.29, 0.717) is 23.7 Å². The number of nitrogens with one attached hydrogen (secondary N) is 1. The molecule has 0 aliphatic heterocycles. The molecule has 0 unspecified atom stereocenters. The fraction of sp³-hybridized carbons (Fsp3) is 0.429. The maximum atomic E-state index is 12.2. The first kappa shape index (κ1) is 17.8. The molecule has 0 aromatic heterocycles. The van der Waals surface area contributed by atoms with Crippen molar-refractivity contribution in [3.8, 4) is 0 Å². The van der Waals surface area contributed by atoms with E-state index in [1.54, 1.807) is 23.1 Å². The van der Waals surface area contributed by atoms with Crippen molar-refractivity contribution in [1.82, 2.24) is 4.90 Å². The highest BCUT2D eigenvalue weighted by atomic mass is 79.9. The van der Waals surface area contributed by atoms with Gasteiger partial charge in [-0.05, 0) is 54.4 Å². The number of aliphatic carboxylic acids is 1. The molecule has 0 aliphatic carbocycles. The quantitative estimate of drug-likeness (QED) is 0.780. The van der Waals surface area contributed by atoms with Crippen molar-refractivity contribution < 1.29 is 14.7 Å². The predicted molar refractivity (Wildman–Crippen MR) is 86.9 cm³/mol. The Balaban J connectivity index is 2.67. The van der Waals surface area contributed by atoms with E-state index in [9.17, 15) is 9.59 Å². The van der Waals surface area contributed by atoms with E-state index in [2.05, 4.69) is 21.2 Å². The minimum absolute atomic E-state index is 0.0234. The Kier molecular flexibility index (Phi) is 6.98. The molecule has 5 nitrogen and oxygen atoms in total. The van der Waals surface area contributed by atoms with Crippen LogP contribution < -0.4 is 5.32 Å². The number of rotatable bonds is 6. The molecule has 2 amide bonds. The van der Waals surface area contributed by atoms with Crippen LogP contribution in [0.1, 0.15) is 26.7 Å². The third-order valence-corrected chi connectivity index (χ3v) is 4.08. The summed E-state index contributed by atoms with van der Waals surface area (Å²) in [5.41, 5.74) is 0.595. The Morgan fingerprint density at radius 2 is 2.10 bits per heavy atom. The molecule has 0 bridgehead atoms. The molecule has 0 spiro atoms. The van der Waals surface area contributed by atoms with Crippen molar-refractivity contribution in [2.24, 2.45) is 0 Å². The van der Waals surface area contributed by atoms with Crippen LogP contribution in [-0.2, 0) is 4.79 Å². The number of hydrogen-bond donors (Lipinski definition) is 2. The van der Waals surface area contributed by atoms with Gasteiger partial charge in [-0.15, -0.1) is 0 Å². The highest BCUT2D eigenvalue weighted by Crippen LogP contribution is 2.25. The summed E-state index contributed by atoms with van der Waals surface area (Å²) in [7, 11) is 0. The second-order valence-corrected chi connectivity index (χ2v) is 6.11. The van der Waals surface area contributed by atoms with Crippen LogP contribution in [0.5, 0.6) is 0 Å². The number of carbonyl (C=O) groups is 2. The number of urea groups is 1. The lowest BCUT2D eigenvalue weighted by atomic mass is 10.2. The summed E-state index contributed by atoms with van der Waals surface area (Å²) in [6, 6.07) is 4.85. The molecule has 0 atom stereocenters. The summed E-state index contributed by atoms with van der Waals surface area (Å²) >= 11 is 9.27. The minimum atomic E-state index is -0.862. The molecule has 0 saturated carbocycles. The molecule has 1 aromatic rings. The predicted octanol–water partition coefficient (Wildman–Crippen LogP) is 4.21.